The Morgan fingerprint density at radius 3 is 2.89 bits per heavy atom. The first-order chi connectivity index (χ1) is 8.65. The minimum absolute atomic E-state index is 0.681. The summed E-state index contributed by atoms with van der Waals surface area (Å²) in [5.74, 6) is 0.841. The molecule has 2 atom stereocenters. The van der Waals surface area contributed by atoms with Gasteiger partial charge in [-0.1, -0.05) is 34.1 Å². The second-order valence-electron chi connectivity index (χ2n) is 5.53. The Morgan fingerprint density at radius 1 is 1.39 bits per heavy atom. The van der Waals surface area contributed by atoms with Crippen LogP contribution in [0, 0.1) is 5.92 Å². The zero-order valence-electron chi connectivity index (χ0n) is 11.3. The lowest BCUT2D eigenvalue weighted by Crippen LogP contribution is -2.39. The highest BCUT2D eigenvalue weighted by Crippen LogP contribution is 2.20. The molecular formula is C15H23BrN2. The predicted octanol–water partition coefficient (Wildman–Crippen LogP) is 3.27. The zero-order valence-corrected chi connectivity index (χ0v) is 12.9. The van der Waals surface area contributed by atoms with Gasteiger partial charge in [0, 0.05) is 23.6 Å². The maximum atomic E-state index is 3.62. The van der Waals surface area contributed by atoms with Crippen LogP contribution in [0.3, 0.4) is 0 Å². The van der Waals surface area contributed by atoms with E-state index in [2.05, 4.69) is 64.4 Å². The highest BCUT2D eigenvalue weighted by molar-refractivity contribution is 9.10. The van der Waals surface area contributed by atoms with E-state index >= 15 is 0 Å². The topological polar surface area (TPSA) is 15.3 Å². The summed E-state index contributed by atoms with van der Waals surface area (Å²) in [5.41, 5.74) is 1.38. The monoisotopic (exact) mass is 310 g/mol. The molecule has 1 heterocycles. The molecule has 1 N–H and O–H groups in total. The molecule has 1 aliphatic heterocycles. The van der Waals surface area contributed by atoms with Gasteiger partial charge in [-0.25, -0.2) is 0 Å². The van der Waals surface area contributed by atoms with Gasteiger partial charge in [-0.2, -0.15) is 0 Å². The Balaban J connectivity index is 1.85. The number of piperidine rings is 1. The van der Waals surface area contributed by atoms with Gasteiger partial charge in [0.25, 0.3) is 0 Å². The van der Waals surface area contributed by atoms with Crippen molar-refractivity contribution in [3.63, 3.8) is 0 Å². The molecule has 1 fully saturated rings. The van der Waals surface area contributed by atoms with E-state index in [9.17, 15) is 0 Å². The van der Waals surface area contributed by atoms with Crippen LogP contribution in [0.2, 0.25) is 0 Å². The first-order valence-corrected chi connectivity index (χ1v) is 7.60. The summed E-state index contributed by atoms with van der Waals surface area (Å²) in [7, 11) is 2.23. The largest absolute Gasteiger partial charge is 0.314 e. The van der Waals surface area contributed by atoms with Gasteiger partial charge in [-0.3, -0.25) is 0 Å². The average molecular weight is 311 g/mol. The van der Waals surface area contributed by atoms with Crippen LogP contribution in [0.15, 0.2) is 28.7 Å². The SMILES string of the molecule is CC1CC(CN(C)Cc2ccccc2Br)CCN1. The second-order valence-corrected chi connectivity index (χ2v) is 6.39. The van der Waals surface area contributed by atoms with E-state index in [1.54, 1.807) is 0 Å². The van der Waals surface area contributed by atoms with Gasteiger partial charge in [0.1, 0.15) is 0 Å². The lowest BCUT2D eigenvalue weighted by Gasteiger charge is -2.31. The summed E-state index contributed by atoms with van der Waals surface area (Å²) in [4.78, 5) is 2.45. The van der Waals surface area contributed by atoms with Gasteiger partial charge in [0.15, 0.2) is 0 Å². The molecular weight excluding hydrogens is 288 g/mol. The van der Waals surface area contributed by atoms with Crippen molar-refractivity contribution < 1.29 is 0 Å². The lowest BCUT2D eigenvalue weighted by molar-refractivity contribution is 0.215. The fourth-order valence-electron chi connectivity index (χ4n) is 2.82. The molecule has 100 valence electrons. The second kappa shape index (κ2) is 6.69. The van der Waals surface area contributed by atoms with E-state index < -0.39 is 0 Å². The lowest BCUT2D eigenvalue weighted by atomic mass is 9.93. The molecule has 0 aliphatic carbocycles. The standard InChI is InChI=1S/C15H23BrN2/c1-12-9-13(7-8-17-12)10-18(2)11-14-5-3-4-6-15(14)16/h3-6,12-13,17H,7-11H2,1-2H3. The summed E-state index contributed by atoms with van der Waals surface area (Å²) in [6.07, 6.45) is 2.62. The molecule has 1 aliphatic rings. The number of rotatable bonds is 4. The highest BCUT2D eigenvalue weighted by Gasteiger charge is 2.19. The van der Waals surface area contributed by atoms with Gasteiger partial charge in [-0.15, -0.1) is 0 Å². The zero-order chi connectivity index (χ0) is 13.0. The number of nitrogens with zero attached hydrogens (tertiary/aromatic N) is 1. The van der Waals surface area contributed by atoms with E-state index in [0.29, 0.717) is 6.04 Å². The van der Waals surface area contributed by atoms with Crippen molar-refractivity contribution in [2.24, 2.45) is 5.92 Å². The van der Waals surface area contributed by atoms with Gasteiger partial charge in [-0.05, 0) is 50.9 Å². The van der Waals surface area contributed by atoms with Crippen LogP contribution < -0.4 is 5.32 Å². The molecule has 0 bridgehead atoms. The Bertz CT molecular complexity index is 381. The van der Waals surface area contributed by atoms with E-state index in [1.807, 2.05) is 0 Å². The number of nitrogens with one attached hydrogen (secondary N) is 1. The van der Waals surface area contributed by atoms with Crippen molar-refractivity contribution in [1.29, 1.82) is 0 Å². The van der Waals surface area contributed by atoms with Crippen molar-refractivity contribution >= 4 is 15.9 Å². The first kappa shape index (κ1) is 14.0. The van der Waals surface area contributed by atoms with Gasteiger partial charge >= 0.3 is 0 Å². The maximum absolute atomic E-state index is 3.62. The molecule has 0 aromatic heterocycles. The third-order valence-corrected chi connectivity index (χ3v) is 4.47. The van der Waals surface area contributed by atoms with E-state index in [0.717, 1.165) is 12.5 Å². The molecule has 2 unspecified atom stereocenters. The molecule has 0 saturated carbocycles. The van der Waals surface area contributed by atoms with Crippen LogP contribution in [0.1, 0.15) is 25.3 Å². The van der Waals surface area contributed by atoms with Crippen LogP contribution >= 0.6 is 15.9 Å². The van der Waals surface area contributed by atoms with Gasteiger partial charge < -0.3 is 10.2 Å². The van der Waals surface area contributed by atoms with Crippen molar-refractivity contribution in [3.05, 3.63) is 34.3 Å². The van der Waals surface area contributed by atoms with E-state index in [-0.39, 0.29) is 0 Å². The van der Waals surface area contributed by atoms with E-state index in [4.69, 9.17) is 0 Å². The third-order valence-electron chi connectivity index (χ3n) is 3.70. The number of benzene rings is 1. The minimum Gasteiger partial charge on any atom is -0.314 e. The van der Waals surface area contributed by atoms with Crippen molar-refractivity contribution in [3.8, 4) is 0 Å². The molecule has 0 amide bonds. The molecule has 0 spiro atoms. The van der Waals surface area contributed by atoms with Crippen molar-refractivity contribution in [2.75, 3.05) is 20.1 Å². The number of hydrogen-bond acceptors (Lipinski definition) is 2. The molecule has 0 radical (unpaired) electrons. The Hall–Kier alpha value is -0.380. The molecule has 1 saturated heterocycles. The van der Waals surface area contributed by atoms with Crippen molar-refractivity contribution in [2.45, 2.75) is 32.4 Å². The van der Waals surface area contributed by atoms with Crippen LogP contribution in [-0.2, 0) is 6.54 Å². The minimum atomic E-state index is 0.681. The smallest absolute Gasteiger partial charge is 0.0242 e. The van der Waals surface area contributed by atoms with Crippen LogP contribution in [0.25, 0.3) is 0 Å². The summed E-state index contributed by atoms with van der Waals surface area (Å²) >= 11 is 3.62. The number of halogens is 1. The summed E-state index contributed by atoms with van der Waals surface area (Å²) in [6.45, 7) is 5.70. The fraction of sp³-hybridized carbons (Fsp3) is 0.600. The summed E-state index contributed by atoms with van der Waals surface area (Å²) in [5, 5.41) is 3.52. The molecule has 2 rings (SSSR count). The van der Waals surface area contributed by atoms with Crippen molar-refractivity contribution in [1.82, 2.24) is 10.2 Å². The normalized spacial score (nSPS) is 24.4. The first-order valence-electron chi connectivity index (χ1n) is 6.80. The molecule has 2 nitrogen and oxygen atoms in total. The van der Waals surface area contributed by atoms with Gasteiger partial charge in [0.2, 0.25) is 0 Å². The Kier molecular flexibility index (Phi) is 5.22. The van der Waals surface area contributed by atoms with Crippen LogP contribution in [-0.4, -0.2) is 31.1 Å². The van der Waals surface area contributed by atoms with Crippen LogP contribution in [0.4, 0.5) is 0 Å². The summed E-state index contributed by atoms with van der Waals surface area (Å²) in [6, 6.07) is 9.19. The quantitative estimate of drug-likeness (QED) is 0.918. The molecule has 1 aromatic rings. The average Bonchev–Trinajstić information content (AvgIpc) is 2.32. The predicted molar refractivity (Wildman–Crippen MR) is 80.7 cm³/mol. The molecule has 3 heteroatoms. The van der Waals surface area contributed by atoms with Crippen LogP contribution in [0.5, 0.6) is 0 Å². The van der Waals surface area contributed by atoms with Gasteiger partial charge in [0.05, 0.1) is 0 Å². The Morgan fingerprint density at radius 2 is 2.17 bits per heavy atom. The molecule has 1 aromatic carbocycles. The summed E-state index contributed by atoms with van der Waals surface area (Å²) < 4.78 is 1.22. The third kappa shape index (κ3) is 4.08. The fourth-order valence-corrected chi connectivity index (χ4v) is 3.23. The highest BCUT2D eigenvalue weighted by atomic mass is 79.9. The van der Waals surface area contributed by atoms with E-state index in [1.165, 1.54) is 36.0 Å². The maximum Gasteiger partial charge on any atom is 0.0242 e. The molecule has 18 heavy (non-hydrogen) atoms. The number of hydrogen-bond donors (Lipinski definition) is 1. The Labute approximate surface area is 119 Å².